The van der Waals surface area contributed by atoms with E-state index in [1.54, 1.807) is 48.5 Å². The van der Waals surface area contributed by atoms with Crippen LogP contribution < -0.4 is 0 Å². The first kappa shape index (κ1) is 42.4. The maximum Gasteiger partial charge on any atom is 4.00 e. The fraction of sp³-hybridized carbons (Fsp3) is 0.143. The molecule has 0 amide bonds. The Morgan fingerprint density at radius 1 is 0.311 bits per heavy atom. The van der Waals surface area contributed by atoms with Gasteiger partial charge in [-0.05, 0) is 76.2 Å². The summed E-state index contributed by atoms with van der Waals surface area (Å²) in [5.41, 5.74) is 3.71. The Morgan fingerprint density at radius 2 is 0.422 bits per heavy atom. The topological polar surface area (TPSA) is 229 Å². The van der Waals surface area contributed by atoms with Crippen LogP contribution in [0.25, 0.3) is 0 Å². The monoisotopic (exact) mass is 892 g/mol. The van der Waals surface area contributed by atoms with Crippen LogP contribution in [0.5, 0.6) is 0 Å². The minimum Gasteiger partial charge on any atom is -0.744 e. The zero-order valence-corrected chi connectivity index (χ0v) is 31.4. The quantitative estimate of drug-likeness (QED) is 0.213. The van der Waals surface area contributed by atoms with E-state index in [9.17, 15) is 51.9 Å². The maximum absolute atomic E-state index is 10.4. The molecule has 4 rings (SSSR count). The van der Waals surface area contributed by atoms with Crippen LogP contribution >= 0.6 is 0 Å². The summed E-state index contributed by atoms with van der Waals surface area (Å²) in [6, 6.07) is 23.1. The number of benzene rings is 4. The van der Waals surface area contributed by atoms with Crippen molar-refractivity contribution in [2.24, 2.45) is 0 Å². The molecule has 0 saturated heterocycles. The van der Waals surface area contributed by atoms with Gasteiger partial charge in [0.15, 0.2) is 0 Å². The molecule has 0 atom stereocenters. The van der Waals surface area contributed by atoms with Crippen LogP contribution in [0.3, 0.4) is 0 Å². The van der Waals surface area contributed by atoms with Crippen molar-refractivity contribution in [3.05, 3.63) is 119 Å². The largest absolute Gasteiger partial charge is 4.00 e. The van der Waals surface area contributed by atoms with Gasteiger partial charge in [-0.25, -0.2) is 33.7 Å². The van der Waals surface area contributed by atoms with Gasteiger partial charge in [0.25, 0.3) is 0 Å². The van der Waals surface area contributed by atoms with Crippen molar-refractivity contribution >= 4 is 67.8 Å². The molecular formula is C28H28O12PbS4. The third-order valence-corrected chi connectivity index (χ3v) is 8.64. The zero-order valence-electron chi connectivity index (χ0n) is 24.3. The summed E-state index contributed by atoms with van der Waals surface area (Å²) in [4.78, 5) is -0.711. The molecule has 0 aliphatic heterocycles. The number of aryl methyl sites for hydroxylation is 4. The molecule has 0 spiro atoms. The van der Waals surface area contributed by atoms with Gasteiger partial charge >= 0.3 is 27.3 Å². The van der Waals surface area contributed by atoms with Crippen LogP contribution in [0.2, 0.25) is 0 Å². The summed E-state index contributed by atoms with van der Waals surface area (Å²) in [6.45, 7) is 7.28. The molecule has 0 aromatic heterocycles. The molecule has 0 unspecified atom stereocenters. The maximum atomic E-state index is 10.4. The van der Waals surface area contributed by atoms with Gasteiger partial charge in [0, 0.05) is 0 Å². The average molecular weight is 892 g/mol. The molecule has 0 N–H and O–H groups in total. The number of rotatable bonds is 4. The zero-order chi connectivity index (χ0) is 33.9. The van der Waals surface area contributed by atoms with Crippen LogP contribution in [-0.4, -0.2) is 79.2 Å². The SMILES string of the molecule is Cc1ccc(S(=O)(=O)[O-])cc1.Cc1ccc(S(=O)(=O)[O-])cc1.Cc1ccc(S(=O)(=O)[O-])cc1.Cc1ccc(S(=O)(=O)[O-])cc1.[Pb+4]. The number of hydrogen-bond acceptors (Lipinski definition) is 12. The second-order valence-corrected chi connectivity index (χ2v) is 14.6. The van der Waals surface area contributed by atoms with E-state index < -0.39 is 40.5 Å². The first-order chi connectivity index (χ1) is 20.0. The van der Waals surface area contributed by atoms with Gasteiger partial charge in [0.1, 0.15) is 40.5 Å². The van der Waals surface area contributed by atoms with E-state index >= 15 is 0 Å². The molecule has 0 bridgehead atoms. The molecular weight excluding hydrogens is 864 g/mol. The van der Waals surface area contributed by atoms with Crippen molar-refractivity contribution in [1.82, 2.24) is 0 Å². The van der Waals surface area contributed by atoms with Gasteiger partial charge in [0.2, 0.25) is 0 Å². The molecule has 240 valence electrons. The minimum atomic E-state index is -4.27. The summed E-state index contributed by atoms with van der Waals surface area (Å²) in [5.74, 6) is 0. The Balaban J connectivity index is 0.000000569. The Labute approximate surface area is 284 Å². The van der Waals surface area contributed by atoms with Crippen molar-refractivity contribution in [1.29, 1.82) is 0 Å². The normalized spacial score (nSPS) is 11.2. The second kappa shape index (κ2) is 18.0. The van der Waals surface area contributed by atoms with E-state index in [0.717, 1.165) is 22.3 Å². The molecule has 0 fully saturated rings. The smallest absolute Gasteiger partial charge is 0.744 e. The van der Waals surface area contributed by atoms with Gasteiger partial charge in [0.05, 0.1) is 19.6 Å². The Morgan fingerprint density at radius 3 is 0.511 bits per heavy atom. The van der Waals surface area contributed by atoms with E-state index in [0.29, 0.717) is 0 Å². The van der Waals surface area contributed by atoms with Gasteiger partial charge in [-0.1, -0.05) is 70.8 Å². The first-order valence-corrected chi connectivity index (χ1v) is 17.7. The van der Waals surface area contributed by atoms with Gasteiger partial charge in [-0.2, -0.15) is 0 Å². The van der Waals surface area contributed by atoms with Gasteiger partial charge < -0.3 is 18.2 Å². The molecule has 4 aromatic carbocycles. The van der Waals surface area contributed by atoms with Gasteiger partial charge in [-0.15, -0.1) is 0 Å². The van der Waals surface area contributed by atoms with E-state index in [-0.39, 0.29) is 46.9 Å². The van der Waals surface area contributed by atoms with Crippen LogP contribution in [-0.2, 0) is 40.5 Å². The van der Waals surface area contributed by atoms with Gasteiger partial charge in [-0.3, -0.25) is 0 Å². The fourth-order valence-corrected chi connectivity index (χ4v) is 4.70. The van der Waals surface area contributed by atoms with Crippen LogP contribution in [0, 0.1) is 27.7 Å². The molecule has 0 saturated carbocycles. The summed E-state index contributed by atoms with van der Waals surface area (Å²) in [7, 11) is -17.1. The average Bonchev–Trinajstić information content (AvgIpc) is 2.89. The van der Waals surface area contributed by atoms with Crippen molar-refractivity contribution in [3.63, 3.8) is 0 Å². The predicted octanol–water partition coefficient (Wildman–Crippen LogP) is 3.22. The molecule has 4 aromatic rings. The second-order valence-electron chi connectivity index (χ2n) is 9.07. The Kier molecular flexibility index (Phi) is 16.9. The van der Waals surface area contributed by atoms with Crippen molar-refractivity contribution in [3.8, 4) is 0 Å². The number of hydrogen-bond donors (Lipinski definition) is 0. The van der Waals surface area contributed by atoms with Crippen LogP contribution in [0.1, 0.15) is 22.3 Å². The molecule has 12 nitrogen and oxygen atoms in total. The molecule has 45 heavy (non-hydrogen) atoms. The van der Waals surface area contributed by atoms with Crippen molar-refractivity contribution < 1.29 is 51.9 Å². The molecule has 17 heteroatoms. The minimum absolute atomic E-state index is 0. The Hall–Kier alpha value is -2.56. The fourth-order valence-electron chi connectivity index (χ4n) is 2.82. The molecule has 0 aliphatic rings. The standard InChI is InChI=1S/4C7H8O3S.Pb/c4*1-6-2-4-7(5-3-6)11(8,9)10;/h4*2-5H,1H3,(H,8,9,10);/q;;;;+4/p-4. The predicted molar refractivity (Wildman–Crippen MR) is 162 cm³/mol. The molecule has 0 radical (unpaired) electrons. The summed E-state index contributed by atoms with van der Waals surface area (Å²) in [6.07, 6.45) is 0. The van der Waals surface area contributed by atoms with Crippen molar-refractivity contribution in [2.75, 3.05) is 0 Å². The van der Waals surface area contributed by atoms with E-state index in [1.807, 2.05) is 27.7 Å². The third-order valence-electron chi connectivity index (χ3n) is 5.24. The van der Waals surface area contributed by atoms with Crippen molar-refractivity contribution in [2.45, 2.75) is 47.3 Å². The van der Waals surface area contributed by atoms with E-state index in [2.05, 4.69) is 0 Å². The third kappa shape index (κ3) is 17.1. The summed E-state index contributed by atoms with van der Waals surface area (Å²) < 4.78 is 125. The molecule has 0 aliphatic carbocycles. The summed E-state index contributed by atoms with van der Waals surface area (Å²) >= 11 is 0. The van der Waals surface area contributed by atoms with E-state index in [1.165, 1.54) is 48.5 Å². The Bertz CT molecular complexity index is 1650. The first-order valence-electron chi connectivity index (χ1n) is 12.1. The molecule has 0 heterocycles. The van der Waals surface area contributed by atoms with E-state index in [4.69, 9.17) is 0 Å². The summed E-state index contributed by atoms with van der Waals surface area (Å²) in [5, 5.41) is 0. The van der Waals surface area contributed by atoms with Crippen LogP contribution in [0.4, 0.5) is 0 Å². The van der Waals surface area contributed by atoms with Crippen LogP contribution in [0.15, 0.2) is 117 Å².